The summed E-state index contributed by atoms with van der Waals surface area (Å²) in [6, 6.07) is 0.406. The molecule has 2 unspecified atom stereocenters. The van der Waals surface area contributed by atoms with Gasteiger partial charge in [0.05, 0.1) is 12.1 Å². The Morgan fingerprint density at radius 1 is 1.30 bits per heavy atom. The van der Waals surface area contributed by atoms with E-state index in [0.29, 0.717) is 32.6 Å². The lowest BCUT2D eigenvalue weighted by Crippen LogP contribution is -2.48. The molecule has 1 aliphatic heterocycles. The number of carbonyl (C=O) groups excluding carboxylic acids is 1. The van der Waals surface area contributed by atoms with Crippen molar-refractivity contribution < 1.29 is 14.6 Å². The number of aliphatic hydroxyl groups is 1. The number of nitrogens with zero attached hydrogens (tertiary/aromatic N) is 1. The minimum absolute atomic E-state index is 0. The Morgan fingerprint density at radius 3 is 2.63 bits per heavy atom. The van der Waals surface area contributed by atoms with Crippen molar-refractivity contribution >= 4 is 35.8 Å². The van der Waals surface area contributed by atoms with E-state index >= 15 is 0 Å². The molecule has 1 heterocycles. The van der Waals surface area contributed by atoms with Crippen LogP contribution in [-0.4, -0.2) is 61.0 Å². The van der Waals surface area contributed by atoms with E-state index < -0.39 is 5.60 Å². The van der Waals surface area contributed by atoms with Crippen molar-refractivity contribution in [1.82, 2.24) is 16.0 Å². The molecule has 1 saturated heterocycles. The number of hydrogen-bond acceptors (Lipinski definition) is 4. The topological polar surface area (TPSA) is 95.0 Å². The Kier molecular flexibility index (Phi) is 10.9. The van der Waals surface area contributed by atoms with Gasteiger partial charge in [-0.15, -0.1) is 24.0 Å². The van der Waals surface area contributed by atoms with Crippen molar-refractivity contribution in [3.63, 3.8) is 0 Å². The molecule has 7 nitrogen and oxygen atoms in total. The Hall–Kier alpha value is -0.610. The van der Waals surface area contributed by atoms with Crippen molar-refractivity contribution in [2.75, 3.05) is 26.3 Å². The number of rotatable bonds is 6. The first-order valence-corrected chi connectivity index (χ1v) is 10.1. The van der Waals surface area contributed by atoms with E-state index in [1.807, 2.05) is 20.8 Å². The van der Waals surface area contributed by atoms with Crippen molar-refractivity contribution in [1.29, 1.82) is 0 Å². The molecule has 0 radical (unpaired) electrons. The highest BCUT2D eigenvalue weighted by atomic mass is 127. The summed E-state index contributed by atoms with van der Waals surface area (Å²) in [7, 11) is 0. The van der Waals surface area contributed by atoms with Crippen LogP contribution >= 0.6 is 24.0 Å². The van der Waals surface area contributed by atoms with Gasteiger partial charge >= 0.3 is 0 Å². The summed E-state index contributed by atoms with van der Waals surface area (Å²) < 4.78 is 5.32. The molecule has 2 atom stereocenters. The van der Waals surface area contributed by atoms with Crippen molar-refractivity contribution in [3.05, 3.63) is 0 Å². The predicted octanol–water partition coefficient (Wildman–Crippen LogP) is 1.78. The van der Waals surface area contributed by atoms with Crippen LogP contribution in [0.1, 0.15) is 59.3 Å². The molecule has 0 bridgehead atoms. The lowest BCUT2D eigenvalue weighted by Gasteiger charge is -2.32. The van der Waals surface area contributed by atoms with Gasteiger partial charge in [-0.3, -0.25) is 9.79 Å². The van der Waals surface area contributed by atoms with E-state index in [1.54, 1.807) is 0 Å². The van der Waals surface area contributed by atoms with E-state index in [-0.39, 0.29) is 47.9 Å². The van der Waals surface area contributed by atoms with Gasteiger partial charge in [0.25, 0.3) is 0 Å². The maximum atomic E-state index is 12.3. The van der Waals surface area contributed by atoms with Gasteiger partial charge in [0.1, 0.15) is 0 Å². The molecule has 0 aromatic rings. The third-order valence-corrected chi connectivity index (χ3v) is 5.12. The summed E-state index contributed by atoms with van der Waals surface area (Å²) in [5.74, 6) is 0.943. The van der Waals surface area contributed by atoms with Gasteiger partial charge in [-0.25, -0.2) is 0 Å². The fraction of sp³-hybridized carbons (Fsp3) is 0.895. The Morgan fingerprint density at radius 2 is 2.00 bits per heavy atom. The number of aliphatic imine (C=N–C) groups is 1. The summed E-state index contributed by atoms with van der Waals surface area (Å²) >= 11 is 0. The quantitative estimate of drug-likeness (QED) is 0.256. The first-order valence-electron chi connectivity index (χ1n) is 10.1. The largest absolute Gasteiger partial charge is 0.388 e. The molecule has 0 spiro atoms. The Balaban J connectivity index is 0.00000364. The standard InChI is InChI=1S/C19H36N4O3.HI/c1-4-20-18(21-13-19(25)8-10-26-11-9-19)23-16-7-5-6-15(12-16)17(24)22-14(2)3;/h14-16,25H,4-13H2,1-3H3,(H,22,24)(H2,20,21,23);1H. The molecule has 1 amide bonds. The number of nitrogens with one attached hydrogen (secondary N) is 3. The van der Waals surface area contributed by atoms with Crippen molar-refractivity contribution in [2.45, 2.75) is 77.0 Å². The molecule has 0 aromatic carbocycles. The molecule has 1 saturated carbocycles. The molecule has 27 heavy (non-hydrogen) atoms. The highest BCUT2D eigenvalue weighted by Crippen LogP contribution is 2.25. The molecule has 158 valence electrons. The van der Waals surface area contributed by atoms with Gasteiger partial charge in [-0.2, -0.15) is 0 Å². The minimum Gasteiger partial charge on any atom is -0.388 e. The zero-order chi connectivity index (χ0) is 19.0. The van der Waals surface area contributed by atoms with E-state index in [0.717, 1.165) is 38.2 Å². The van der Waals surface area contributed by atoms with Gasteiger partial charge in [0, 0.05) is 50.6 Å². The fourth-order valence-corrected chi connectivity index (χ4v) is 3.61. The second-order valence-corrected chi connectivity index (χ2v) is 7.90. The lowest BCUT2D eigenvalue weighted by atomic mass is 9.85. The van der Waals surface area contributed by atoms with Crippen LogP contribution in [0.4, 0.5) is 0 Å². The number of carbonyl (C=O) groups is 1. The van der Waals surface area contributed by atoms with Gasteiger partial charge in [0.2, 0.25) is 5.91 Å². The summed E-state index contributed by atoms with van der Waals surface area (Å²) in [4.78, 5) is 16.9. The number of amides is 1. The zero-order valence-corrected chi connectivity index (χ0v) is 19.3. The second kappa shape index (κ2) is 12.1. The Labute approximate surface area is 180 Å². The van der Waals surface area contributed by atoms with Crippen LogP contribution < -0.4 is 16.0 Å². The highest BCUT2D eigenvalue weighted by molar-refractivity contribution is 14.0. The Bertz CT molecular complexity index is 482. The first kappa shape index (κ1) is 24.4. The average molecular weight is 496 g/mol. The second-order valence-electron chi connectivity index (χ2n) is 7.90. The molecular weight excluding hydrogens is 459 g/mol. The summed E-state index contributed by atoms with van der Waals surface area (Å²) in [5, 5.41) is 20.4. The molecule has 2 fully saturated rings. The van der Waals surface area contributed by atoms with E-state index in [1.165, 1.54) is 0 Å². The van der Waals surface area contributed by atoms with E-state index in [4.69, 9.17) is 4.74 Å². The molecule has 4 N–H and O–H groups in total. The molecule has 1 aliphatic carbocycles. The van der Waals surface area contributed by atoms with E-state index in [9.17, 15) is 9.90 Å². The number of guanidine groups is 1. The highest BCUT2D eigenvalue weighted by Gasteiger charge is 2.30. The number of ether oxygens (including phenoxy) is 1. The van der Waals surface area contributed by atoms with Gasteiger partial charge in [0.15, 0.2) is 5.96 Å². The number of halogens is 1. The van der Waals surface area contributed by atoms with Crippen LogP contribution in [0, 0.1) is 5.92 Å². The van der Waals surface area contributed by atoms with Crippen LogP contribution in [0.15, 0.2) is 4.99 Å². The van der Waals surface area contributed by atoms with Crippen LogP contribution in [0.3, 0.4) is 0 Å². The number of hydrogen-bond donors (Lipinski definition) is 4. The summed E-state index contributed by atoms with van der Waals surface area (Å²) in [6.45, 7) is 8.32. The zero-order valence-electron chi connectivity index (χ0n) is 16.9. The molecule has 0 aromatic heterocycles. The van der Waals surface area contributed by atoms with Gasteiger partial charge < -0.3 is 25.8 Å². The summed E-state index contributed by atoms with van der Waals surface area (Å²) in [5.41, 5.74) is -0.771. The van der Waals surface area contributed by atoms with Crippen LogP contribution in [-0.2, 0) is 9.53 Å². The summed E-state index contributed by atoms with van der Waals surface area (Å²) in [6.07, 6.45) is 5.08. The van der Waals surface area contributed by atoms with Gasteiger partial charge in [-0.05, 0) is 40.0 Å². The molecule has 8 heteroatoms. The molecular formula is C19H37IN4O3. The fourth-order valence-electron chi connectivity index (χ4n) is 3.61. The third kappa shape index (κ3) is 8.51. The van der Waals surface area contributed by atoms with Gasteiger partial charge in [-0.1, -0.05) is 6.42 Å². The smallest absolute Gasteiger partial charge is 0.223 e. The maximum Gasteiger partial charge on any atom is 0.223 e. The lowest BCUT2D eigenvalue weighted by molar-refractivity contribution is -0.126. The van der Waals surface area contributed by atoms with Crippen LogP contribution in [0.2, 0.25) is 0 Å². The van der Waals surface area contributed by atoms with Crippen LogP contribution in [0.25, 0.3) is 0 Å². The minimum atomic E-state index is -0.771. The maximum absolute atomic E-state index is 12.3. The normalized spacial score (nSPS) is 25.4. The molecule has 2 rings (SSSR count). The van der Waals surface area contributed by atoms with E-state index in [2.05, 4.69) is 20.9 Å². The van der Waals surface area contributed by atoms with Crippen molar-refractivity contribution in [3.8, 4) is 0 Å². The SMILES string of the molecule is CCNC(=NCC1(O)CCOCC1)NC1CCCC(C(=O)NC(C)C)C1.I. The molecule has 2 aliphatic rings. The van der Waals surface area contributed by atoms with Crippen LogP contribution in [0.5, 0.6) is 0 Å². The predicted molar refractivity (Wildman–Crippen MR) is 119 cm³/mol. The first-order chi connectivity index (χ1) is 12.4. The van der Waals surface area contributed by atoms with Crippen molar-refractivity contribution in [2.24, 2.45) is 10.9 Å². The average Bonchev–Trinajstić information content (AvgIpc) is 2.60. The third-order valence-electron chi connectivity index (χ3n) is 5.12. The monoisotopic (exact) mass is 496 g/mol.